The molecule has 0 aromatic heterocycles. The third kappa shape index (κ3) is 2.82. The number of nitrogens with zero attached hydrogens (tertiary/aromatic N) is 1. The van der Waals surface area contributed by atoms with Crippen LogP contribution in [0.2, 0.25) is 0 Å². The molecular formula is C8H15N3O. The van der Waals surface area contributed by atoms with Crippen molar-refractivity contribution in [2.75, 3.05) is 13.2 Å². The van der Waals surface area contributed by atoms with Gasteiger partial charge in [-0.15, -0.1) is 0 Å². The van der Waals surface area contributed by atoms with E-state index in [1.807, 2.05) is 13.8 Å². The van der Waals surface area contributed by atoms with E-state index in [4.69, 9.17) is 10.5 Å². The lowest BCUT2D eigenvalue weighted by molar-refractivity contribution is 0.266. The Labute approximate surface area is 72.5 Å². The zero-order valence-corrected chi connectivity index (χ0v) is 7.50. The van der Waals surface area contributed by atoms with Crippen LogP contribution in [0.4, 0.5) is 0 Å². The molecular weight excluding hydrogens is 154 g/mol. The largest absolute Gasteiger partial charge is 0.477 e. The Morgan fingerprint density at radius 3 is 3.00 bits per heavy atom. The highest BCUT2D eigenvalue weighted by molar-refractivity contribution is 5.91. The lowest BCUT2D eigenvalue weighted by atomic mass is 10.4. The minimum absolute atomic E-state index is 0.225. The molecule has 12 heavy (non-hydrogen) atoms. The van der Waals surface area contributed by atoms with Gasteiger partial charge >= 0.3 is 0 Å². The number of aliphatic imine (C=N–C) groups is 1. The van der Waals surface area contributed by atoms with Gasteiger partial charge in [0.2, 0.25) is 0 Å². The van der Waals surface area contributed by atoms with Crippen molar-refractivity contribution in [2.24, 2.45) is 10.7 Å². The van der Waals surface area contributed by atoms with Crippen molar-refractivity contribution in [1.29, 1.82) is 0 Å². The SMILES string of the molecule is CC(C)N=C(N)/C=C1\NCCO1. The summed E-state index contributed by atoms with van der Waals surface area (Å²) < 4.78 is 5.19. The summed E-state index contributed by atoms with van der Waals surface area (Å²) in [7, 11) is 0. The molecule has 1 fully saturated rings. The molecule has 1 rings (SSSR count). The lowest BCUT2D eigenvalue weighted by Crippen LogP contribution is -2.14. The Kier molecular flexibility index (Phi) is 2.96. The molecule has 3 N–H and O–H groups in total. The molecule has 4 heteroatoms. The summed E-state index contributed by atoms with van der Waals surface area (Å²) in [5, 5.41) is 3.04. The lowest BCUT2D eigenvalue weighted by Gasteiger charge is -2.00. The fraction of sp³-hybridized carbons (Fsp3) is 0.625. The topological polar surface area (TPSA) is 59.6 Å². The third-order valence-corrected chi connectivity index (χ3v) is 1.35. The van der Waals surface area contributed by atoms with Crippen LogP contribution >= 0.6 is 0 Å². The van der Waals surface area contributed by atoms with Crippen LogP contribution in [0.1, 0.15) is 13.8 Å². The van der Waals surface area contributed by atoms with Crippen molar-refractivity contribution >= 4 is 5.84 Å². The Morgan fingerprint density at radius 1 is 1.75 bits per heavy atom. The highest BCUT2D eigenvalue weighted by atomic mass is 16.5. The van der Waals surface area contributed by atoms with Crippen LogP contribution in [0.5, 0.6) is 0 Å². The smallest absolute Gasteiger partial charge is 0.190 e. The fourth-order valence-electron chi connectivity index (χ4n) is 0.949. The van der Waals surface area contributed by atoms with Crippen LogP contribution in [0, 0.1) is 0 Å². The zero-order chi connectivity index (χ0) is 8.97. The summed E-state index contributed by atoms with van der Waals surface area (Å²) in [5.41, 5.74) is 5.61. The predicted octanol–water partition coefficient (Wildman–Crippen LogP) is 0.213. The number of hydrogen-bond donors (Lipinski definition) is 2. The highest BCUT2D eigenvalue weighted by Crippen LogP contribution is 1.98. The first-order valence-corrected chi connectivity index (χ1v) is 4.10. The predicted molar refractivity (Wildman–Crippen MR) is 48.8 cm³/mol. The maximum Gasteiger partial charge on any atom is 0.190 e. The second-order valence-electron chi connectivity index (χ2n) is 2.93. The van der Waals surface area contributed by atoms with E-state index in [1.165, 1.54) is 0 Å². The van der Waals surface area contributed by atoms with Crippen molar-refractivity contribution in [1.82, 2.24) is 5.32 Å². The molecule has 0 aliphatic carbocycles. The second kappa shape index (κ2) is 3.99. The Morgan fingerprint density at radius 2 is 2.50 bits per heavy atom. The van der Waals surface area contributed by atoms with E-state index in [0.29, 0.717) is 12.4 Å². The molecule has 0 aromatic rings. The van der Waals surface area contributed by atoms with Gasteiger partial charge in [0, 0.05) is 12.1 Å². The average Bonchev–Trinajstić information content (AvgIpc) is 2.37. The van der Waals surface area contributed by atoms with E-state index < -0.39 is 0 Å². The Bertz CT molecular complexity index is 200. The molecule has 1 saturated heterocycles. The van der Waals surface area contributed by atoms with Crippen molar-refractivity contribution in [3.8, 4) is 0 Å². The summed E-state index contributed by atoms with van der Waals surface area (Å²) >= 11 is 0. The van der Waals surface area contributed by atoms with Gasteiger partial charge in [0.25, 0.3) is 0 Å². The number of rotatable bonds is 2. The molecule has 0 aromatic carbocycles. The second-order valence-corrected chi connectivity index (χ2v) is 2.93. The third-order valence-electron chi connectivity index (χ3n) is 1.35. The maximum atomic E-state index is 5.61. The van der Waals surface area contributed by atoms with Crippen molar-refractivity contribution < 1.29 is 4.74 Å². The minimum Gasteiger partial charge on any atom is -0.477 e. The number of nitrogens with one attached hydrogen (secondary N) is 1. The average molecular weight is 169 g/mol. The van der Waals surface area contributed by atoms with E-state index in [0.717, 1.165) is 12.4 Å². The minimum atomic E-state index is 0.225. The molecule has 0 unspecified atom stereocenters. The van der Waals surface area contributed by atoms with Crippen LogP contribution < -0.4 is 11.1 Å². The number of nitrogens with two attached hydrogens (primary N) is 1. The highest BCUT2D eigenvalue weighted by Gasteiger charge is 2.05. The molecule has 0 bridgehead atoms. The molecule has 0 saturated carbocycles. The Balaban J connectivity index is 2.53. The summed E-state index contributed by atoms with van der Waals surface area (Å²) in [6, 6.07) is 0.225. The van der Waals surface area contributed by atoms with Gasteiger partial charge < -0.3 is 15.8 Å². The fourth-order valence-corrected chi connectivity index (χ4v) is 0.949. The van der Waals surface area contributed by atoms with E-state index in [1.54, 1.807) is 6.08 Å². The number of amidine groups is 1. The Hall–Kier alpha value is -1.19. The number of hydrogen-bond acceptors (Lipinski definition) is 3. The molecule has 0 amide bonds. The van der Waals surface area contributed by atoms with Crippen LogP contribution in [0.15, 0.2) is 17.0 Å². The molecule has 1 aliphatic heterocycles. The van der Waals surface area contributed by atoms with E-state index >= 15 is 0 Å². The van der Waals surface area contributed by atoms with Gasteiger partial charge in [-0.25, -0.2) is 0 Å². The van der Waals surface area contributed by atoms with Crippen LogP contribution in [0.3, 0.4) is 0 Å². The molecule has 1 aliphatic rings. The first kappa shape index (κ1) is 8.90. The monoisotopic (exact) mass is 169 g/mol. The van der Waals surface area contributed by atoms with Crippen LogP contribution in [-0.2, 0) is 4.74 Å². The first-order valence-electron chi connectivity index (χ1n) is 4.10. The van der Waals surface area contributed by atoms with Gasteiger partial charge in [0.15, 0.2) is 5.88 Å². The molecule has 68 valence electrons. The molecule has 0 spiro atoms. The van der Waals surface area contributed by atoms with Crippen molar-refractivity contribution in [3.05, 3.63) is 12.0 Å². The van der Waals surface area contributed by atoms with Gasteiger partial charge in [-0.3, -0.25) is 4.99 Å². The summed E-state index contributed by atoms with van der Waals surface area (Å²) in [6.07, 6.45) is 1.72. The van der Waals surface area contributed by atoms with Gasteiger partial charge in [-0.2, -0.15) is 0 Å². The van der Waals surface area contributed by atoms with E-state index in [2.05, 4.69) is 10.3 Å². The zero-order valence-electron chi connectivity index (χ0n) is 7.50. The summed E-state index contributed by atoms with van der Waals surface area (Å²) in [5.74, 6) is 1.23. The maximum absolute atomic E-state index is 5.61. The molecule has 4 nitrogen and oxygen atoms in total. The summed E-state index contributed by atoms with van der Waals surface area (Å²) in [6.45, 7) is 5.52. The molecule has 1 heterocycles. The number of ether oxygens (including phenoxy) is 1. The van der Waals surface area contributed by atoms with Crippen LogP contribution in [-0.4, -0.2) is 25.0 Å². The summed E-state index contributed by atoms with van der Waals surface area (Å²) in [4.78, 5) is 4.14. The van der Waals surface area contributed by atoms with Gasteiger partial charge in [-0.1, -0.05) is 0 Å². The quantitative estimate of drug-likeness (QED) is 0.459. The molecule has 0 radical (unpaired) electrons. The normalized spacial score (nSPS) is 21.2. The standard InChI is InChI=1S/C8H15N3O/c1-6(2)11-7(9)5-8-10-3-4-12-8/h5-6,10H,3-4H2,1-2H3,(H2,9,11)/b8-5+. The van der Waals surface area contributed by atoms with Gasteiger partial charge in [-0.05, 0) is 13.8 Å². The molecule has 0 atom stereocenters. The van der Waals surface area contributed by atoms with Crippen LogP contribution in [0.25, 0.3) is 0 Å². The van der Waals surface area contributed by atoms with Gasteiger partial charge in [0.05, 0.1) is 6.54 Å². The van der Waals surface area contributed by atoms with Crippen molar-refractivity contribution in [3.63, 3.8) is 0 Å². The van der Waals surface area contributed by atoms with E-state index in [-0.39, 0.29) is 6.04 Å². The van der Waals surface area contributed by atoms with Gasteiger partial charge in [0.1, 0.15) is 12.4 Å². The van der Waals surface area contributed by atoms with E-state index in [9.17, 15) is 0 Å². The first-order chi connectivity index (χ1) is 5.68. The van der Waals surface area contributed by atoms with Crippen molar-refractivity contribution in [2.45, 2.75) is 19.9 Å².